The fourth-order valence-corrected chi connectivity index (χ4v) is 3.32. The molecule has 2 N–H and O–H groups in total. The van der Waals surface area contributed by atoms with Crippen LogP contribution in [-0.4, -0.2) is 46.6 Å². The lowest BCUT2D eigenvalue weighted by atomic mass is 10.0. The maximum absolute atomic E-state index is 12.1. The summed E-state index contributed by atoms with van der Waals surface area (Å²) in [4.78, 5) is 24.2. The molecule has 0 aromatic rings. The summed E-state index contributed by atoms with van der Waals surface area (Å²) in [6, 6.07) is 0. The van der Waals surface area contributed by atoms with Crippen LogP contribution in [0.15, 0.2) is 0 Å². The first-order valence-corrected chi connectivity index (χ1v) is 10.2. The molecule has 0 aromatic heterocycles. The Bertz CT molecular complexity index is 373. The highest BCUT2D eigenvalue weighted by atomic mass is 16.6. The van der Waals surface area contributed by atoms with Crippen molar-refractivity contribution in [2.75, 3.05) is 0 Å². The van der Waals surface area contributed by atoms with Crippen LogP contribution >= 0.6 is 0 Å². The minimum absolute atomic E-state index is 0.109. The summed E-state index contributed by atoms with van der Waals surface area (Å²) in [6.07, 6.45) is 4.85. The van der Waals surface area contributed by atoms with Crippen LogP contribution in [0.25, 0.3) is 0 Å². The fourth-order valence-electron chi connectivity index (χ4n) is 3.32. The summed E-state index contributed by atoms with van der Waals surface area (Å²) in [7, 11) is 0. The summed E-state index contributed by atoms with van der Waals surface area (Å²) in [5.74, 6) is -0.907. The number of unbranched alkanes of at least 4 members (excludes halogenated alkanes) is 4. The number of ether oxygens (including phenoxy) is 2. The zero-order valence-electron chi connectivity index (χ0n) is 16.3. The molecule has 1 aliphatic heterocycles. The maximum Gasteiger partial charge on any atom is 0.308 e. The normalized spacial score (nSPS) is 28.6. The Balaban J connectivity index is 2.70. The highest BCUT2D eigenvalue weighted by molar-refractivity contribution is 5.71. The molecule has 1 fully saturated rings. The molecule has 1 rings (SSSR count). The second-order valence-electron chi connectivity index (χ2n) is 7.40. The number of aliphatic hydroxyl groups excluding tert-OH is 2. The summed E-state index contributed by atoms with van der Waals surface area (Å²) in [5.41, 5.74) is 0. The van der Waals surface area contributed by atoms with Gasteiger partial charge in [-0.05, 0) is 25.7 Å². The van der Waals surface area contributed by atoms with Crippen molar-refractivity contribution in [3.63, 3.8) is 0 Å². The molecule has 1 aliphatic rings. The first-order chi connectivity index (χ1) is 12.4. The molecule has 0 unspecified atom stereocenters. The number of hydrogen-bond acceptors (Lipinski definition) is 6. The quantitative estimate of drug-likeness (QED) is 0.502. The zero-order valence-corrected chi connectivity index (χ0v) is 16.3. The standard InChI is InChI=1S/C20H36O6/c1-3-5-7-9-17-11-15(21)13-20(24)26-18(10-8-6-4-2)12-16(22)14-19(23)25-17/h15-18,21-22H,3-14H2,1-2H3/t15-,16-,17-,18-/m1/s1. The van der Waals surface area contributed by atoms with Gasteiger partial charge in [0, 0.05) is 12.8 Å². The van der Waals surface area contributed by atoms with Gasteiger partial charge in [-0.15, -0.1) is 0 Å². The first-order valence-electron chi connectivity index (χ1n) is 10.2. The summed E-state index contributed by atoms with van der Waals surface area (Å²) < 4.78 is 10.9. The van der Waals surface area contributed by atoms with Crippen LogP contribution in [0, 0.1) is 0 Å². The molecule has 1 saturated heterocycles. The van der Waals surface area contributed by atoms with E-state index in [2.05, 4.69) is 13.8 Å². The smallest absolute Gasteiger partial charge is 0.308 e. The minimum atomic E-state index is -0.887. The molecule has 0 radical (unpaired) electrons. The van der Waals surface area contributed by atoms with Crippen molar-refractivity contribution in [2.45, 2.75) is 115 Å². The molecule has 26 heavy (non-hydrogen) atoms. The molecule has 0 saturated carbocycles. The van der Waals surface area contributed by atoms with E-state index in [1.165, 1.54) is 0 Å². The van der Waals surface area contributed by atoms with Gasteiger partial charge in [-0.2, -0.15) is 0 Å². The lowest BCUT2D eigenvalue weighted by Gasteiger charge is -2.25. The van der Waals surface area contributed by atoms with Crippen LogP contribution in [0.2, 0.25) is 0 Å². The van der Waals surface area contributed by atoms with Crippen LogP contribution < -0.4 is 0 Å². The molecule has 152 valence electrons. The van der Waals surface area contributed by atoms with Crippen molar-refractivity contribution >= 4 is 11.9 Å². The van der Waals surface area contributed by atoms with Crippen molar-refractivity contribution < 1.29 is 29.3 Å². The highest BCUT2D eigenvalue weighted by Gasteiger charge is 2.27. The Hall–Kier alpha value is -1.14. The number of carbonyl (C=O) groups excluding carboxylic acids is 2. The second-order valence-corrected chi connectivity index (χ2v) is 7.40. The lowest BCUT2D eigenvalue weighted by molar-refractivity contribution is -0.159. The van der Waals surface area contributed by atoms with Crippen molar-refractivity contribution in [3.8, 4) is 0 Å². The average Bonchev–Trinajstić information content (AvgIpc) is 2.53. The van der Waals surface area contributed by atoms with Gasteiger partial charge in [0.1, 0.15) is 12.2 Å². The Morgan fingerprint density at radius 2 is 1.15 bits per heavy atom. The SMILES string of the molecule is CCCCC[C@@H]1C[C@@H](O)CC(=O)O[C@H](CCCCC)C[C@@H](O)CC(=O)O1. The van der Waals surface area contributed by atoms with E-state index in [9.17, 15) is 19.8 Å². The van der Waals surface area contributed by atoms with Crippen LogP contribution in [-0.2, 0) is 19.1 Å². The summed E-state index contributed by atoms with van der Waals surface area (Å²) in [6.45, 7) is 4.18. The van der Waals surface area contributed by atoms with Crippen LogP contribution in [0.4, 0.5) is 0 Å². The highest BCUT2D eigenvalue weighted by Crippen LogP contribution is 2.20. The van der Waals surface area contributed by atoms with E-state index in [1.54, 1.807) is 0 Å². The van der Waals surface area contributed by atoms with Crippen LogP contribution in [0.5, 0.6) is 0 Å². The van der Waals surface area contributed by atoms with Crippen molar-refractivity contribution in [3.05, 3.63) is 0 Å². The van der Waals surface area contributed by atoms with E-state index in [-0.39, 0.29) is 25.7 Å². The predicted molar refractivity (Wildman–Crippen MR) is 98.5 cm³/mol. The van der Waals surface area contributed by atoms with Gasteiger partial charge in [-0.3, -0.25) is 9.59 Å². The molecule has 4 atom stereocenters. The fraction of sp³-hybridized carbons (Fsp3) is 0.900. The topological polar surface area (TPSA) is 93.1 Å². The average molecular weight is 373 g/mol. The van der Waals surface area contributed by atoms with Gasteiger partial charge in [0.15, 0.2) is 0 Å². The molecule has 6 heteroatoms. The van der Waals surface area contributed by atoms with Gasteiger partial charge >= 0.3 is 11.9 Å². The molecular formula is C20H36O6. The Morgan fingerprint density at radius 1 is 0.769 bits per heavy atom. The lowest BCUT2D eigenvalue weighted by Crippen LogP contribution is -2.32. The molecule has 0 spiro atoms. The number of carbonyl (C=O) groups is 2. The monoisotopic (exact) mass is 372 g/mol. The minimum Gasteiger partial charge on any atom is -0.462 e. The van der Waals surface area contributed by atoms with Crippen molar-refractivity contribution in [1.82, 2.24) is 0 Å². The molecule has 0 aromatic carbocycles. The Morgan fingerprint density at radius 3 is 1.50 bits per heavy atom. The molecule has 1 heterocycles. The van der Waals surface area contributed by atoms with Gasteiger partial charge < -0.3 is 19.7 Å². The summed E-state index contributed by atoms with van der Waals surface area (Å²) >= 11 is 0. The third kappa shape index (κ3) is 10.1. The Kier molecular flexibility index (Phi) is 11.5. The first kappa shape index (κ1) is 22.9. The Labute approximate surface area is 157 Å². The number of aliphatic hydroxyl groups is 2. The second kappa shape index (κ2) is 13.1. The number of hydrogen-bond donors (Lipinski definition) is 2. The van der Waals surface area contributed by atoms with Crippen LogP contribution in [0.3, 0.4) is 0 Å². The van der Waals surface area contributed by atoms with E-state index in [1.807, 2.05) is 0 Å². The predicted octanol–water partition coefficient (Wildman–Crippen LogP) is 3.27. The van der Waals surface area contributed by atoms with Crippen LogP contribution in [0.1, 0.15) is 90.9 Å². The van der Waals surface area contributed by atoms with E-state index >= 15 is 0 Å². The van der Waals surface area contributed by atoms with Gasteiger partial charge in [-0.1, -0.05) is 39.5 Å². The largest absolute Gasteiger partial charge is 0.462 e. The maximum atomic E-state index is 12.1. The van der Waals surface area contributed by atoms with E-state index in [0.29, 0.717) is 12.8 Å². The number of esters is 2. The van der Waals surface area contributed by atoms with E-state index in [0.717, 1.165) is 38.5 Å². The molecule has 6 nitrogen and oxygen atoms in total. The van der Waals surface area contributed by atoms with Gasteiger partial charge in [-0.25, -0.2) is 0 Å². The third-order valence-corrected chi connectivity index (χ3v) is 4.73. The van der Waals surface area contributed by atoms with Crippen molar-refractivity contribution in [1.29, 1.82) is 0 Å². The van der Waals surface area contributed by atoms with E-state index in [4.69, 9.17) is 9.47 Å². The molecule has 0 amide bonds. The zero-order chi connectivity index (χ0) is 19.4. The van der Waals surface area contributed by atoms with Gasteiger partial charge in [0.05, 0.1) is 25.0 Å². The molecular weight excluding hydrogens is 336 g/mol. The molecule has 0 bridgehead atoms. The number of cyclic esters (lactones) is 2. The van der Waals surface area contributed by atoms with Gasteiger partial charge in [0.25, 0.3) is 0 Å². The van der Waals surface area contributed by atoms with E-state index < -0.39 is 36.4 Å². The summed E-state index contributed by atoms with van der Waals surface area (Å²) in [5, 5.41) is 20.4. The van der Waals surface area contributed by atoms with Crippen molar-refractivity contribution in [2.24, 2.45) is 0 Å². The number of rotatable bonds is 8. The molecule has 0 aliphatic carbocycles. The van der Waals surface area contributed by atoms with Gasteiger partial charge in [0.2, 0.25) is 0 Å². The third-order valence-electron chi connectivity index (χ3n) is 4.73.